The average molecular weight is 423 g/mol. The van der Waals surface area contributed by atoms with E-state index in [1.807, 2.05) is 35.0 Å². The van der Waals surface area contributed by atoms with E-state index in [4.69, 9.17) is 10.1 Å². The minimum atomic E-state index is -0.225. The highest BCUT2D eigenvalue weighted by atomic mass is 16.3. The molecule has 164 valence electrons. The van der Waals surface area contributed by atoms with Gasteiger partial charge in [0, 0.05) is 30.6 Å². The zero-order chi connectivity index (χ0) is 21.8. The molecule has 1 amide bonds. The van der Waals surface area contributed by atoms with Crippen LogP contribution in [0.5, 0.6) is 0 Å². The number of benzene rings is 1. The quantitative estimate of drug-likeness (QED) is 0.498. The van der Waals surface area contributed by atoms with Crippen LogP contribution in [0.3, 0.4) is 0 Å². The number of amides is 1. The van der Waals surface area contributed by atoms with Crippen LogP contribution in [0.2, 0.25) is 0 Å². The topological polar surface area (TPSA) is 104 Å². The van der Waals surface area contributed by atoms with Gasteiger partial charge >= 0.3 is 0 Å². The van der Waals surface area contributed by atoms with Gasteiger partial charge < -0.3 is 15.7 Å². The van der Waals surface area contributed by atoms with Crippen LogP contribution in [0.1, 0.15) is 64.1 Å². The molecule has 1 fully saturated rings. The first-order valence-electron chi connectivity index (χ1n) is 11.1. The summed E-state index contributed by atoms with van der Waals surface area (Å²) >= 11 is 0. The number of aliphatic hydroxyl groups is 1. The van der Waals surface area contributed by atoms with E-state index in [9.17, 15) is 9.90 Å². The van der Waals surface area contributed by atoms with Gasteiger partial charge in [0.1, 0.15) is 11.3 Å². The van der Waals surface area contributed by atoms with E-state index in [0.29, 0.717) is 5.95 Å². The molecule has 0 radical (unpaired) electrons. The van der Waals surface area contributed by atoms with Crippen molar-refractivity contribution in [3.05, 3.63) is 36.3 Å². The third-order valence-corrected chi connectivity index (χ3v) is 5.75. The molecule has 0 spiro atoms. The standard InChI is InChI=1S/C23H30N6O2/c1-3-4-12-24-23-25-14-20-21(17-6-5-7-18(13-17)26-15(2)30)27-22(29(20)28-23)16-8-10-19(31)11-9-16/h5-7,13-14,16,19,31H,3-4,8-12H2,1-2H3,(H,24,28)(H,26,30). The maximum absolute atomic E-state index is 11.5. The van der Waals surface area contributed by atoms with Crippen molar-refractivity contribution < 1.29 is 9.90 Å². The minimum Gasteiger partial charge on any atom is -0.393 e. The second-order valence-corrected chi connectivity index (χ2v) is 8.25. The summed E-state index contributed by atoms with van der Waals surface area (Å²) in [6.45, 7) is 4.47. The Balaban J connectivity index is 1.76. The number of aliphatic hydroxyl groups excluding tert-OH is 1. The lowest BCUT2D eigenvalue weighted by molar-refractivity contribution is -0.114. The molecule has 0 aliphatic heterocycles. The van der Waals surface area contributed by atoms with Crippen molar-refractivity contribution in [2.24, 2.45) is 0 Å². The Kier molecular flexibility index (Phi) is 6.46. The molecule has 4 rings (SSSR count). The van der Waals surface area contributed by atoms with E-state index in [1.165, 1.54) is 6.92 Å². The Morgan fingerprint density at radius 2 is 2.06 bits per heavy atom. The van der Waals surface area contributed by atoms with Gasteiger partial charge in [-0.3, -0.25) is 4.79 Å². The van der Waals surface area contributed by atoms with Crippen LogP contribution in [-0.4, -0.2) is 43.2 Å². The summed E-state index contributed by atoms with van der Waals surface area (Å²) < 4.78 is 1.91. The summed E-state index contributed by atoms with van der Waals surface area (Å²) in [6, 6.07) is 7.67. The van der Waals surface area contributed by atoms with Gasteiger partial charge in [-0.05, 0) is 44.2 Å². The van der Waals surface area contributed by atoms with E-state index in [0.717, 1.165) is 73.4 Å². The number of aromatic nitrogens is 4. The van der Waals surface area contributed by atoms with E-state index >= 15 is 0 Å². The maximum atomic E-state index is 11.5. The first kappa shape index (κ1) is 21.2. The Morgan fingerprint density at radius 3 is 2.81 bits per heavy atom. The number of nitrogens with one attached hydrogen (secondary N) is 2. The van der Waals surface area contributed by atoms with Gasteiger partial charge in [-0.15, -0.1) is 5.10 Å². The molecule has 2 aromatic heterocycles. The van der Waals surface area contributed by atoms with Gasteiger partial charge in [-0.25, -0.2) is 14.5 Å². The van der Waals surface area contributed by atoms with Crippen molar-refractivity contribution in [3.63, 3.8) is 0 Å². The number of fused-ring (bicyclic) bond motifs is 1. The zero-order valence-corrected chi connectivity index (χ0v) is 18.1. The third kappa shape index (κ3) is 4.85. The van der Waals surface area contributed by atoms with Gasteiger partial charge in [0.25, 0.3) is 0 Å². The summed E-state index contributed by atoms with van der Waals surface area (Å²) in [5.74, 6) is 1.62. The second-order valence-electron chi connectivity index (χ2n) is 8.25. The second kappa shape index (κ2) is 9.43. The molecule has 31 heavy (non-hydrogen) atoms. The largest absolute Gasteiger partial charge is 0.393 e. The molecule has 0 unspecified atom stereocenters. The van der Waals surface area contributed by atoms with Gasteiger partial charge in [0.15, 0.2) is 0 Å². The molecule has 3 N–H and O–H groups in total. The maximum Gasteiger partial charge on any atom is 0.241 e. The molecule has 8 nitrogen and oxygen atoms in total. The minimum absolute atomic E-state index is 0.112. The van der Waals surface area contributed by atoms with Gasteiger partial charge in [-0.2, -0.15) is 0 Å². The summed E-state index contributed by atoms with van der Waals surface area (Å²) in [5, 5.41) is 20.8. The molecule has 8 heteroatoms. The average Bonchev–Trinajstić information content (AvgIpc) is 3.13. The van der Waals surface area contributed by atoms with E-state index in [2.05, 4.69) is 22.5 Å². The molecular weight excluding hydrogens is 392 g/mol. The molecule has 1 aliphatic carbocycles. The van der Waals surface area contributed by atoms with Crippen LogP contribution >= 0.6 is 0 Å². The van der Waals surface area contributed by atoms with Gasteiger partial charge in [-0.1, -0.05) is 25.5 Å². The highest BCUT2D eigenvalue weighted by molar-refractivity contribution is 5.90. The first-order chi connectivity index (χ1) is 15.0. The van der Waals surface area contributed by atoms with E-state index in [1.54, 1.807) is 0 Å². The van der Waals surface area contributed by atoms with Gasteiger partial charge in [0.05, 0.1) is 18.0 Å². The lowest BCUT2D eigenvalue weighted by atomic mass is 9.87. The van der Waals surface area contributed by atoms with Crippen molar-refractivity contribution in [2.45, 2.75) is 64.4 Å². The Labute approximate surface area is 182 Å². The lowest BCUT2D eigenvalue weighted by Gasteiger charge is -2.24. The molecule has 0 atom stereocenters. The van der Waals surface area contributed by atoms with Crippen molar-refractivity contribution in [3.8, 4) is 11.3 Å². The fourth-order valence-electron chi connectivity index (χ4n) is 4.12. The fraction of sp³-hybridized carbons (Fsp3) is 0.478. The van der Waals surface area contributed by atoms with Crippen molar-refractivity contribution in [2.75, 3.05) is 17.2 Å². The summed E-state index contributed by atoms with van der Waals surface area (Å²) in [7, 11) is 0. The predicted molar refractivity (Wildman–Crippen MR) is 121 cm³/mol. The number of anilines is 2. The molecule has 0 saturated heterocycles. The van der Waals surface area contributed by atoms with Gasteiger partial charge in [0.2, 0.25) is 11.9 Å². The molecule has 2 heterocycles. The number of imidazole rings is 1. The fourth-order valence-corrected chi connectivity index (χ4v) is 4.12. The molecule has 1 aliphatic rings. The van der Waals surface area contributed by atoms with Crippen LogP contribution < -0.4 is 10.6 Å². The monoisotopic (exact) mass is 422 g/mol. The van der Waals surface area contributed by atoms with Crippen LogP contribution in [-0.2, 0) is 4.79 Å². The Hall–Kier alpha value is -3.00. The number of carbonyl (C=O) groups is 1. The third-order valence-electron chi connectivity index (χ3n) is 5.75. The first-order valence-corrected chi connectivity index (χ1v) is 11.1. The number of rotatable bonds is 7. The number of hydrogen-bond acceptors (Lipinski definition) is 6. The number of hydrogen-bond donors (Lipinski definition) is 3. The number of nitrogens with zero attached hydrogens (tertiary/aromatic N) is 4. The predicted octanol–water partition coefficient (Wildman–Crippen LogP) is 3.98. The van der Waals surface area contributed by atoms with Crippen molar-refractivity contribution >= 4 is 23.1 Å². The zero-order valence-electron chi connectivity index (χ0n) is 18.1. The normalized spacial score (nSPS) is 18.8. The summed E-state index contributed by atoms with van der Waals surface area (Å²) in [6.07, 6.45) is 7.07. The lowest BCUT2D eigenvalue weighted by Crippen LogP contribution is -2.19. The number of carbonyl (C=O) groups excluding carboxylic acids is 1. The highest BCUT2D eigenvalue weighted by Gasteiger charge is 2.27. The van der Waals surface area contributed by atoms with E-state index < -0.39 is 0 Å². The van der Waals surface area contributed by atoms with Crippen molar-refractivity contribution in [1.29, 1.82) is 0 Å². The highest BCUT2D eigenvalue weighted by Crippen LogP contribution is 2.35. The van der Waals surface area contributed by atoms with Crippen LogP contribution in [0.25, 0.3) is 16.8 Å². The number of unbranched alkanes of at least 4 members (excludes halogenated alkanes) is 1. The van der Waals surface area contributed by atoms with Crippen LogP contribution in [0.4, 0.5) is 11.6 Å². The van der Waals surface area contributed by atoms with Crippen LogP contribution in [0, 0.1) is 0 Å². The molecule has 0 bridgehead atoms. The molecule has 1 saturated carbocycles. The Bertz CT molecular complexity index is 1060. The summed E-state index contributed by atoms with van der Waals surface area (Å²) in [4.78, 5) is 21.0. The van der Waals surface area contributed by atoms with Crippen molar-refractivity contribution in [1.82, 2.24) is 19.6 Å². The van der Waals surface area contributed by atoms with Crippen LogP contribution in [0.15, 0.2) is 30.5 Å². The Morgan fingerprint density at radius 1 is 1.26 bits per heavy atom. The molecule has 3 aromatic rings. The summed E-state index contributed by atoms with van der Waals surface area (Å²) in [5.41, 5.74) is 3.27. The van der Waals surface area contributed by atoms with E-state index in [-0.39, 0.29) is 17.9 Å². The molecular formula is C23H30N6O2. The molecule has 1 aromatic carbocycles. The smallest absolute Gasteiger partial charge is 0.241 e. The SMILES string of the molecule is CCCCNc1ncc2c(-c3cccc(NC(C)=O)c3)nc(C3CCC(O)CC3)n2n1.